The Morgan fingerprint density at radius 3 is 2.59 bits per heavy atom. The van der Waals surface area contributed by atoms with Crippen LogP contribution in [0.25, 0.3) is 0 Å². The van der Waals surface area contributed by atoms with Crippen LogP contribution in [-0.2, 0) is 27.9 Å². The molecule has 6 heteroatoms. The van der Waals surface area contributed by atoms with Crippen molar-refractivity contribution in [2.45, 2.75) is 13.0 Å². The maximum absolute atomic E-state index is 11.6. The molecule has 0 aromatic heterocycles. The lowest BCUT2D eigenvalue weighted by Gasteiger charge is -2.28. The summed E-state index contributed by atoms with van der Waals surface area (Å²) in [6.07, 6.45) is 0.716. The summed E-state index contributed by atoms with van der Waals surface area (Å²) in [5.41, 5.74) is 2.21. The molecule has 17 heavy (non-hydrogen) atoms. The minimum atomic E-state index is -4.24. The number of carbonyl (C=O) groups excluding carboxylic acids is 1. The Bertz CT molecular complexity index is 538. The van der Waals surface area contributed by atoms with E-state index in [2.05, 4.69) is 0 Å². The molecule has 0 atom stereocenters. The van der Waals surface area contributed by atoms with Gasteiger partial charge in [-0.3, -0.25) is 9.35 Å². The summed E-state index contributed by atoms with van der Waals surface area (Å²) in [7, 11) is -4.24. The summed E-state index contributed by atoms with van der Waals surface area (Å²) in [4.78, 5) is 13.1. The van der Waals surface area contributed by atoms with Crippen LogP contribution in [-0.4, -0.2) is 36.1 Å². The Kier molecular flexibility index (Phi) is 3.17. The maximum atomic E-state index is 11.6. The Labute approximate surface area is 99.8 Å². The van der Waals surface area contributed by atoms with Gasteiger partial charge in [-0.2, -0.15) is 8.42 Å². The normalized spacial score (nSPS) is 15.5. The van der Waals surface area contributed by atoms with Crippen molar-refractivity contribution in [1.82, 2.24) is 4.90 Å². The number of rotatable bonds is 2. The van der Waals surface area contributed by atoms with Gasteiger partial charge in [-0.25, -0.2) is 0 Å². The molecular formula is C11H13NO4S. The molecule has 1 aliphatic rings. The van der Waals surface area contributed by atoms with Crippen LogP contribution in [0.4, 0.5) is 0 Å². The van der Waals surface area contributed by atoms with Crippen LogP contribution >= 0.6 is 0 Å². The number of amides is 1. The average molecular weight is 255 g/mol. The van der Waals surface area contributed by atoms with Crippen molar-refractivity contribution in [2.24, 2.45) is 0 Å². The van der Waals surface area contributed by atoms with Crippen molar-refractivity contribution < 1.29 is 17.8 Å². The zero-order valence-corrected chi connectivity index (χ0v) is 9.98. The highest BCUT2D eigenvalue weighted by Gasteiger charge is 2.23. The molecule has 1 N–H and O–H groups in total. The molecule has 0 spiro atoms. The minimum Gasteiger partial charge on any atom is -0.337 e. The fraction of sp³-hybridized carbons (Fsp3) is 0.364. The van der Waals surface area contributed by atoms with Crippen LogP contribution < -0.4 is 0 Å². The zero-order chi connectivity index (χ0) is 12.5. The first kappa shape index (κ1) is 12.1. The largest absolute Gasteiger partial charge is 0.337 e. The van der Waals surface area contributed by atoms with E-state index in [-0.39, 0.29) is 0 Å². The summed E-state index contributed by atoms with van der Waals surface area (Å²) in [5.74, 6) is -1.39. The molecule has 2 rings (SSSR count). The molecule has 92 valence electrons. The van der Waals surface area contributed by atoms with Crippen LogP contribution in [0.2, 0.25) is 0 Å². The van der Waals surface area contributed by atoms with Crippen molar-refractivity contribution >= 4 is 16.0 Å². The van der Waals surface area contributed by atoms with E-state index in [1.807, 2.05) is 24.3 Å². The van der Waals surface area contributed by atoms with Gasteiger partial charge in [-0.1, -0.05) is 24.3 Å². The molecule has 0 saturated heterocycles. The molecule has 0 radical (unpaired) electrons. The Balaban J connectivity index is 2.10. The van der Waals surface area contributed by atoms with Crippen LogP contribution in [0.5, 0.6) is 0 Å². The molecule has 0 bridgehead atoms. The van der Waals surface area contributed by atoms with Gasteiger partial charge in [-0.15, -0.1) is 0 Å². The van der Waals surface area contributed by atoms with Crippen LogP contribution in [0.3, 0.4) is 0 Å². The highest BCUT2D eigenvalue weighted by atomic mass is 32.2. The van der Waals surface area contributed by atoms with Crippen molar-refractivity contribution in [3.63, 3.8) is 0 Å². The molecule has 0 saturated carbocycles. The Morgan fingerprint density at radius 1 is 1.29 bits per heavy atom. The highest BCUT2D eigenvalue weighted by Crippen LogP contribution is 2.18. The quantitative estimate of drug-likeness (QED) is 0.779. The molecule has 5 nitrogen and oxygen atoms in total. The third-order valence-electron chi connectivity index (χ3n) is 2.79. The lowest BCUT2D eigenvalue weighted by Crippen LogP contribution is -2.39. The predicted octanol–water partition coefficient (Wildman–Crippen LogP) is 0.459. The first-order valence-corrected chi connectivity index (χ1v) is 6.86. The van der Waals surface area contributed by atoms with Crippen LogP contribution in [0, 0.1) is 0 Å². The second-order valence-corrected chi connectivity index (χ2v) is 5.51. The summed E-state index contributed by atoms with van der Waals surface area (Å²) in [6.45, 7) is 0.899. The average Bonchev–Trinajstić information content (AvgIpc) is 2.26. The van der Waals surface area contributed by atoms with E-state index < -0.39 is 21.8 Å². The zero-order valence-electron chi connectivity index (χ0n) is 9.17. The SMILES string of the molecule is O=C(CS(=O)(=O)O)N1CCc2ccccc2C1. The smallest absolute Gasteiger partial charge is 0.274 e. The summed E-state index contributed by atoms with van der Waals surface area (Å²) >= 11 is 0. The minimum absolute atomic E-state index is 0.407. The van der Waals surface area contributed by atoms with Crippen LogP contribution in [0.15, 0.2) is 24.3 Å². The Morgan fingerprint density at radius 2 is 1.94 bits per heavy atom. The van der Waals surface area contributed by atoms with E-state index >= 15 is 0 Å². The predicted molar refractivity (Wildman–Crippen MR) is 62.0 cm³/mol. The van der Waals surface area contributed by atoms with Crippen molar-refractivity contribution in [3.8, 4) is 0 Å². The highest BCUT2D eigenvalue weighted by molar-refractivity contribution is 7.86. The second-order valence-electron chi connectivity index (χ2n) is 4.06. The van der Waals surface area contributed by atoms with E-state index in [9.17, 15) is 13.2 Å². The van der Waals surface area contributed by atoms with E-state index in [0.29, 0.717) is 19.5 Å². The fourth-order valence-corrected chi connectivity index (χ4v) is 2.45. The van der Waals surface area contributed by atoms with E-state index in [0.717, 1.165) is 5.56 Å². The second kappa shape index (κ2) is 4.46. The third kappa shape index (κ3) is 3.04. The molecule has 0 fully saturated rings. The molecular weight excluding hydrogens is 242 g/mol. The fourth-order valence-electron chi connectivity index (χ4n) is 1.96. The van der Waals surface area contributed by atoms with Gasteiger partial charge in [0.25, 0.3) is 10.1 Å². The van der Waals surface area contributed by atoms with Gasteiger partial charge >= 0.3 is 0 Å². The van der Waals surface area contributed by atoms with Gasteiger partial charge in [0.1, 0.15) is 0 Å². The van der Waals surface area contributed by atoms with Crippen molar-refractivity contribution in [1.29, 1.82) is 0 Å². The molecule has 1 aliphatic heterocycles. The van der Waals surface area contributed by atoms with Crippen molar-refractivity contribution in [3.05, 3.63) is 35.4 Å². The summed E-state index contributed by atoms with van der Waals surface area (Å²) in [6, 6.07) is 7.74. The maximum Gasteiger partial charge on any atom is 0.274 e. The number of benzene rings is 1. The van der Waals surface area contributed by atoms with Gasteiger partial charge in [0, 0.05) is 13.1 Å². The lowest BCUT2D eigenvalue weighted by molar-refractivity contribution is -0.129. The monoisotopic (exact) mass is 255 g/mol. The number of fused-ring (bicyclic) bond motifs is 1. The number of carbonyl (C=O) groups is 1. The van der Waals surface area contributed by atoms with E-state index in [1.54, 1.807) is 0 Å². The van der Waals surface area contributed by atoms with Gasteiger partial charge in [-0.05, 0) is 17.5 Å². The van der Waals surface area contributed by atoms with Gasteiger partial charge < -0.3 is 4.90 Å². The topological polar surface area (TPSA) is 74.7 Å². The summed E-state index contributed by atoms with van der Waals surface area (Å²) in [5, 5.41) is 0. The van der Waals surface area contributed by atoms with Crippen LogP contribution in [0.1, 0.15) is 11.1 Å². The number of hydrogen-bond donors (Lipinski definition) is 1. The standard InChI is InChI=1S/C11H13NO4S/c13-11(8-17(14,15)16)12-6-5-9-3-1-2-4-10(9)7-12/h1-4H,5-8H2,(H,14,15,16). The molecule has 1 heterocycles. The first-order chi connectivity index (χ1) is 7.96. The lowest BCUT2D eigenvalue weighted by atomic mass is 10.00. The van der Waals surface area contributed by atoms with Gasteiger partial charge in [0.2, 0.25) is 5.91 Å². The van der Waals surface area contributed by atoms with E-state index in [1.165, 1.54) is 10.5 Å². The molecule has 1 amide bonds. The molecule has 0 unspecified atom stereocenters. The molecule has 1 aromatic rings. The third-order valence-corrected chi connectivity index (χ3v) is 3.40. The van der Waals surface area contributed by atoms with E-state index in [4.69, 9.17) is 4.55 Å². The number of nitrogens with zero attached hydrogens (tertiary/aromatic N) is 1. The Hall–Kier alpha value is -1.40. The molecule has 0 aliphatic carbocycles. The number of hydrogen-bond acceptors (Lipinski definition) is 3. The van der Waals surface area contributed by atoms with Gasteiger partial charge in [0.05, 0.1) is 0 Å². The van der Waals surface area contributed by atoms with Gasteiger partial charge in [0.15, 0.2) is 5.75 Å². The molecule has 1 aromatic carbocycles. The first-order valence-electron chi connectivity index (χ1n) is 5.25. The van der Waals surface area contributed by atoms with Crippen molar-refractivity contribution in [2.75, 3.05) is 12.3 Å². The summed E-state index contributed by atoms with van der Waals surface area (Å²) < 4.78 is 29.9.